The number of benzene rings is 1. The van der Waals surface area contributed by atoms with Crippen LogP contribution in [0.5, 0.6) is 0 Å². The Kier molecular flexibility index (Phi) is 2.54. The van der Waals surface area contributed by atoms with E-state index < -0.39 is 0 Å². The molecule has 1 aromatic carbocycles. The van der Waals surface area contributed by atoms with E-state index in [1.807, 2.05) is 24.3 Å². The van der Waals surface area contributed by atoms with E-state index >= 15 is 0 Å². The SMILES string of the molecule is Clc1cccc(C#CC2=NOC23CCOC3)c1. The largest absolute Gasteiger partial charge is 0.378 e. The fraction of sp³-hybridized carbons (Fsp3) is 0.308. The van der Waals surface area contributed by atoms with Crippen LogP contribution in [-0.2, 0) is 9.57 Å². The topological polar surface area (TPSA) is 30.8 Å². The molecule has 3 rings (SSSR count). The predicted octanol–water partition coefficient (Wildman–Crippen LogP) is 2.24. The highest BCUT2D eigenvalue weighted by Gasteiger charge is 2.48. The summed E-state index contributed by atoms with van der Waals surface area (Å²) in [4.78, 5) is 5.24. The molecule has 0 amide bonds. The molecule has 0 bridgehead atoms. The fourth-order valence-corrected chi connectivity index (χ4v) is 2.05. The van der Waals surface area contributed by atoms with Gasteiger partial charge < -0.3 is 9.57 Å². The van der Waals surface area contributed by atoms with Crippen molar-refractivity contribution >= 4 is 17.3 Å². The minimum Gasteiger partial charge on any atom is -0.378 e. The molecule has 3 nitrogen and oxygen atoms in total. The lowest BCUT2D eigenvalue weighted by Gasteiger charge is -2.30. The summed E-state index contributed by atoms with van der Waals surface area (Å²) >= 11 is 5.89. The average Bonchev–Trinajstić information content (AvgIpc) is 2.79. The van der Waals surface area contributed by atoms with Gasteiger partial charge in [0, 0.05) is 17.0 Å². The number of ether oxygens (including phenoxy) is 1. The summed E-state index contributed by atoms with van der Waals surface area (Å²) in [5.74, 6) is 6.07. The zero-order chi connectivity index (χ0) is 11.7. The van der Waals surface area contributed by atoms with Gasteiger partial charge in [-0.15, -0.1) is 0 Å². The van der Waals surface area contributed by atoms with Crippen molar-refractivity contribution < 1.29 is 9.57 Å². The quantitative estimate of drug-likeness (QED) is 0.659. The first kappa shape index (κ1) is 10.6. The van der Waals surface area contributed by atoms with E-state index in [1.54, 1.807) is 0 Å². The smallest absolute Gasteiger partial charge is 0.215 e. The van der Waals surface area contributed by atoms with E-state index in [1.165, 1.54) is 0 Å². The lowest BCUT2D eigenvalue weighted by atomic mass is 9.95. The predicted molar refractivity (Wildman–Crippen MR) is 65.0 cm³/mol. The Morgan fingerprint density at radius 1 is 1.35 bits per heavy atom. The minimum absolute atomic E-state index is 0.369. The summed E-state index contributed by atoms with van der Waals surface area (Å²) in [5, 5.41) is 4.55. The maximum absolute atomic E-state index is 5.89. The summed E-state index contributed by atoms with van der Waals surface area (Å²) in [7, 11) is 0. The molecule has 4 heteroatoms. The lowest BCUT2D eigenvalue weighted by Crippen LogP contribution is -2.47. The average molecular weight is 248 g/mol. The van der Waals surface area contributed by atoms with Crippen LogP contribution < -0.4 is 0 Å². The van der Waals surface area contributed by atoms with E-state index in [0.29, 0.717) is 18.2 Å². The number of rotatable bonds is 0. The Morgan fingerprint density at radius 2 is 2.29 bits per heavy atom. The summed E-state index contributed by atoms with van der Waals surface area (Å²) in [6, 6.07) is 7.44. The highest BCUT2D eigenvalue weighted by molar-refractivity contribution is 6.30. The maximum atomic E-state index is 5.89. The number of hydrogen-bond donors (Lipinski definition) is 0. The molecular formula is C13H10ClNO2. The highest BCUT2D eigenvalue weighted by Crippen LogP contribution is 2.31. The molecule has 1 saturated heterocycles. The molecule has 0 saturated carbocycles. The molecule has 0 N–H and O–H groups in total. The van der Waals surface area contributed by atoms with E-state index in [0.717, 1.165) is 17.7 Å². The van der Waals surface area contributed by atoms with Crippen molar-refractivity contribution in [3.05, 3.63) is 34.9 Å². The van der Waals surface area contributed by atoms with Crippen LogP contribution in [0.1, 0.15) is 12.0 Å². The summed E-state index contributed by atoms with van der Waals surface area (Å²) in [6.07, 6.45) is 0.829. The first-order valence-corrected chi connectivity index (χ1v) is 5.78. The van der Waals surface area contributed by atoms with Crippen molar-refractivity contribution in [1.82, 2.24) is 0 Å². The van der Waals surface area contributed by atoms with Gasteiger partial charge in [0.15, 0.2) is 5.71 Å². The minimum atomic E-state index is -0.369. The number of oxime groups is 1. The van der Waals surface area contributed by atoms with Gasteiger partial charge in [-0.05, 0) is 24.1 Å². The van der Waals surface area contributed by atoms with E-state index in [-0.39, 0.29) is 5.60 Å². The number of nitrogens with zero attached hydrogens (tertiary/aromatic N) is 1. The summed E-state index contributed by atoms with van der Waals surface area (Å²) in [5.41, 5.74) is 1.28. The van der Waals surface area contributed by atoms with Gasteiger partial charge in [0.25, 0.3) is 0 Å². The van der Waals surface area contributed by atoms with Gasteiger partial charge in [0.1, 0.15) is 0 Å². The first-order valence-electron chi connectivity index (χ1n) is 5.41. The molecule has 2 aliphatic rings. The van der Waals surface area contributed by atoms with E-state index in [4.69, 9.17) is 21.2 Å². The van der Waals surface area contributed by atoms with Crippen molar-refractivity contribution in [3.8, 4) is 11.8 Å². The Balaban J connectivity index is 1.81. The van der Waals surface area contributed by atoms with Crippen LogP contribution in [0.3, 0.4) is 0 Å². The second-order valence-electron chi connectivity index (χ2n) is 4.09. The lowest BCUT2D eigenvalue weighted by molar-refractivity contribution is -0.0346. The molecule has 2 heterocycles. The van der Waals surface area contributed by atoms with Crippen LogP contribution in [0, 0.1) is 11.8 Å². The molecule has 1 unspecified atom stereocenters. The Bertz CT molecular complexity index is 536. The van der Waals surface area contributed by atoms with Crippen LogP contribution in [0.2, 0.25) is 5.02 Å². The molecule has 17 heavy (non-hydrogen) atoms. The Hall–Kier alpha value is -1.50. The van der Waals surface area contributed by atoms with Crippen LogP contribution in [0.4, 0.5) is 0 Å². The maximum Gasteiger partial charge on any atom is 0.215 e. The van der Waals surface area contributed by atoms with E-state index in [2.05, 4.69) is 17.0 Å². The van der Waals surface area contributed by atoms with Crippen LogP contribution in [0.25, 0.3) is 0 Å². The zero-order valence-corrected chi connectivity index (χ0v) is 9.83. The monoisotopic (exact) mass is 247 g/mol. The van der Waals surface area contributed by atoms with Gasteiger partial charge in [-0.3, -0.25) is 0 Å². The molecule has 0 aromatic heterocycles. The molecular weight excluding hydrogens is 238 g/mol. The fourth-order valence-electron chi connectivity index (χ4n) is 1.86. The molecule has 0 aliphatic carbocycles. The van der Waals surface area contributed by atoms with E-state index in [9.17, 15) is 0 Å². The Morgan fingerprint density at radius 3 is 2.94 bits per heavy atom. The highest BCUT2D eigenvalue weighted by atomic mass is 35.5. The van der Waals surface area contributed by atoms with Gasteiger partial charge in [0.2, 0.25) is 5.60 Å². The summed E-state index contributed by atoms with van der Waals surface area (Å²) in [6.45, 7) is 1.26. The number of hydrogen-bond acceptors (Lipinski definition) is 3. The van der Waals surface area contributed by atoms with Crippen molar-refractivity contribution in [3.63, 3.8) is 0 Å². The molecule has 86 valence electrons. The molecule has 1 spiro atoms. The second kappa shape index (κ2) is 4.06. The first-order chi connectivity index (χ1) is 8.28. The zero-order valence-electron chi connectivity index (χ0n) is 9.07. The van der Waals surface area contributed by atoms with Gasteiger partial charge in [-0.2, -0.15) is 0 Å². The van der Waals surface area contributed by atoms with Crippen molar-refractivity contribution in [1.29, 1.82) is 0 Å². The molecule has 2 aliphatic heterocycles. The Labute approximate surface area is 104 Å². The molecule has 1 atom stereocenters. The molecule has 1 fully saturated rings. The van der Waals surface area contributed by atoms with Gasteiger partial charge >= 0.3 is 0 Å². The molecule has 0 radical (unpaired) electrons. The van der Waals surface area contributed by atoms with Crippen LogP contribution in [0.15, 0.2) is 29.4 Å². The third-order valence-corrected chi connectivity index (χ3v) is 3.11. The molecule has 1 aromatic rings. The van der Waals surface area contributed by atoms with Crippen molar-refractivity contribution in [2.24, 2.45) is 5.16 Å². The standard InChI is InChI=1S/C13H10ClNO2/c14-11-3-1-2-10(8-11)4-5-12-13(17-15-12)6-7-16-9-13/h1-3,8H,6-7,9H2. The second-order valence-corrected chi connectivity index (χ2v) is 4.52. The van der Waals surface area contributed by atoms with Gasteiger partial charge in [0.05, 0.1) is 13.2 Å². The third-order valence-electron chi connectivity index (χ3n) is 2.88. The summed E-state index contributed by atoms with van der Waals surface area (Å²) < 4.78 is 5.31. The van der Waals surface area contributed by atoms with Crippen LogP contribution in [-0.4, -0.2) is 24.5 Å². The third kappa shape index (κ3) is 1.90. The van der Waals surface area contributed by atoms with Crippen LogP contribution >= 0.6 is 11.6 Å². The normalized spacial score (nSPS) is 25.6. The van der Waals surface area contributed by atoms with Gasteiger partial charge in [-0.1, -0.05) is 28.7 Å². The van der Waals surface area contributed by atoms with Crippen molar-refractivity contribution in [2.75, 3.05) is 13.2 Å². The van der Waals surface area contributed by atoms with Crippen molar-refractivity contribution in [2.45, 2.75) is 12.0 Å². The van der Waals surface area contributed by atoms with Gasteiger partial charge in [-0.25, -0.2) is 0 Å². The number of halogens is 1.